The Labute approximate surface area is 164 Å². The third kappa shape index (κ3) is 3.10. The average molecular weight is 380 g/mol. The largest absolute Gasteiger partial charge is 0.497 e. The van der Waals surface area contributed by atoms with Crippen LogP contribution in [0.2, 0.25) is 0 Å². The Kier molecular flexibility index (Phi) is 4.96. The molecule has 1 fully saturated rings. The molecular weight excluding hydrogens is 356 g/mol. The van der Waals surface area contributed by atoms with Crippen LogP contribution in [0, 0.1) is 6.92 Å². The number of hydrogen-bond donors (Lipinski definition) is 0. The molecule has 0 aliphatic carbocycles. The molecule has 0 N–H and O–H groups in total. The summed E-state index contributed by atoms with van der Waals surface area (Å²) in [7, 11) is 3.29. The highest BCUT2D eigenvalue weighted by molar-refractivity contribution is 6.09. The number of fused-ring (bicyclic) bond motifs is 1. The minimum Gasteiger partial charge on any atom is -0.497 e. The van der Waals surface area contributed by atoms with E-state index in [0.717, 1.165) is 33.8 Å². The zero-order valence-corrected chi connectivity index (χ0v) is 16.4. The highest BCUT2D eigenvalue weighted by Gasteiger charge is 2.26. The van der Waals surface area contributed by atoms with Gasteiger partial charge in [-0.25, -0.2) is 0 Å². The van der Waals surface area contributed by atoms with E-state index in [-0.39, 0.29) is 5.91 Å². The fraction of sp³-hybridized carbons (Fsp3) is 0.318. The van der Waals surface area contributed by atoms with Crippen molar-refractivity contribution in [1.29, 1.82) is 0 Å². The number of amides is 1. The molecule has 1 amide bonds. The van der Waals surface area contributed by atoms with E-state index in [9.17, 15) is 4.79 Å². The zero-order chi connectivity index (χ0) is 19.7. The molecular formula is C22H24N2O4. The van der Waals surface area contributed by atoms with Crippen LogP contribution >= 0.6 is 0 Å². The molecule has 0 atom stereocenters. The minimum atomic E-state index is 0.0336. The molecule has 0 spiro atoms. The maximum Gasteiger partial charge on any atom is 0.256 e. The highest BCUT2D eigenvalue weighted by Crippen LogP contribution is 2.33. The normalized spacial score (nSPS) is 14.3. The summed E-state index contributed by atoms with van der Waals surface area (Å²) in [6.45, 7) is 4.36. The molecule has 1 aromatic heterocycles. The van der Waals surface area contributed by atoms with Crippen LogP contribution in [-0.2, 0) is 4.74 Å². The molecule has 1 saturated heterocycles. The Morgan fingerprint density at radius 3 is 2.25 bits per heavy atom. The predicted octanol–water partition coefficient (Wildman–Crippen LogP) is 3.43. The number of hydrogen-bond acceptors (Lipinski definition) is 4. The Hall–Kier alpha value is -2.99. The van der Waals surface area contributed by atoms with Gasteiger partial charge in [-0.1, -0.05) is 0 Å². The summed E-state index contributed by atoms with van der Waals surface area (Å²) >= 11 is 0. The van der Waals surface area contributed by atoms with Crippen molar-refractivity contribution < 1.29 is 19.0 Å². The second kappa shape index (κ2) is 7.56. The lowest BCUT2D eigenvalue weighted by Gasteiger charge is -2.27. The van der Waals surface area contributed by atoms with Gasteiger partial charge < -0.3 is 23.7 Å². The topological polar surface area (TPSA) is 52.9 Å². The zero-order valence-electron chi connectivity index (χ0n) is 16.4. The first-order valence-electron chi connectivity index (χ1n) is 9.34. The molecule has 0 saturated carbocycles. The van der Waals surface area contributed by atoms with E-state index in [1.54, 1.807) is 14.2 Å². The Morgan fingerprint density at radius 1 is 0.964 bits per heavy atom. The molecule has 0 unspecified atom stereocenters. The van der Waals surface area contributed by atoms with Crippen molar-refractivity contribution in [2.24, 2.45) is 0 Å². The highest BCUT2D eigenvalue weighted by atomic mass is 16.5. The monoisotopic (exact) mass is 380 g/mol. The summed E-state index contributed by atoms with van der Waals surface area (Å²) in [5.74, 6) is 1.56. The molecule has 1 aliphatic heterocycles. The molecule has 146 valence electrons. The Morgan fingerprint density at radius 2 is 1.61 bits per heavy atom. The van der Waals surface area contributed by atoms with E-state index in [4.69, 9.17) is 14.2 Å². The standard InChI is InChI=1S/C22H24N2O4/c1-15-21(22(25)23-10-12-28-13-11-23)19-14-18(27-3)8-9-20(19)24(15)16-4-6-17(26-2)7-5-16/h4-9,14H,10-13H2,1-3H3. The summed E-state index contributed by atoms with van der Waals surface area (Å²) < 4.78 is 18.2. The second-order valence-electron chi connectivity index (χ2n) is 6.78. The van der Waals surface area contributed by atoms with Crippen LogP contribution < -0.4 is 9.47 Å². The van der Waals surface area contributed by atoms with Crippen LogP contribution in [0.5, 0.6) is 11.5 Å². The van der Waals surface area contributed by atoms with E-state index < -0.39 is 0 Å². The van der Waals surface area contributed by atoms with Gasteiger partial charge >= 0.3 is 0 Å². The molecule has 28 heavy (non-hydrogen) atoms. The van der Waals surface area contributed by atoms with Gasteiger partial charge in [0, 0.05) is 29.9 Å². The molecule has 6 nitrogen and oxygen atoms in total. The van der Waals surface area contributed by atoms with Gasteiger partial charge in [0.05, 0.1) is 38.5 Å². The fourth-order valence-corrected chi connectivity index (χ4v) is 3.78. The molecule has 2 heterocycles. The predicted molar refractivity (Wildman–Crippen MR) is 108 cm³/mol. The average Bonchev–Trinajstić information content (AvgIpc) is 3.04. The molecule has 4 rings (SSSR count). The van der Waals surface area contributed by atoms with Gasteiger partial charge in [-0.05, 0) is 49.4 Å². The van der Waals surface area contributed by atoms with Crippen LogP contribution in [0.25, 0.3) is 16.6 Å². The van der Waals surface area contributed by atoms with Gasteiger partial charge in [0.1, 0.15) is 11.5 Å². The van der Waals surface area contributed by atoms with Crippen LogP contribution in [0.1, 0.15) is 16.1 Å². The lowest BCUT2D eigenvalue weighted by Crippen LogP contribution is -2.40. The quantitative estimate of drug-likeness (QED) is 0.696. The summed E-state index contributed by atoms with van der Waals surface area (Å²) in [6.07, 6.45) is 0. The van der Waals surface area contributed by atoms with Crippen molar-refractivity contribution in [2.45, 2.75) is 6.92 Å². The smallest absolute Gasteiger partial charge is 0.256 e. The number of ether oxygens (including phenoxy) is 3. The molecule has 1 aliphatic rings. The van der Waals surface area contributed by atoms with Crippen molar-refractivity contribution in [3.05, 3.63) is 53.7 Å². The van der Waals surface area contributed by atoms with Crippen molar-refractivity contribution in [1.82, 2.24) is 9.47 Å². The van der Waals surface area contributed by atoms with Crippen LogP contribution in [0.3, 0.4) is 0 Å². The Bertz CT molecular complexity index is 1000. The van der Waals surface area contributed by atoms with Gasteiger partial charge in [0.15, 0.2) is 0 Å². The van der Waals surface area contributed by atoms with E-state index >= 15 is 0 Å². The first kappa shape index (κ1) is 18.4. The van der Waals surface area contributed by atoms with Crippen LogP contribution in [-0.4, -0.2) is 55.9 Å². The van der Waals surface area contributed by atoms with Gasteiger partial charge in [-0.3, -0.25) is 4.79 Å². The number of nitrogens with zero attached hydrogens (tertiary/aromatic N) is 2. The van der Waals surface area contributed by atoms with Crippen LogP contribution in [0.15, 0.2) is 42.5 Å². The van der Waals surface area contributed by atoms with Gasteiger partial charge in [-0.15, -0.1) is 0 Å². The van der Waals surface area contributed by atoms with Crippen LogP contribution in [0.4, 0.5) is 0 Å². The number of benzene rings is 2. The number of aromatic nitrogens is 1. The maximum atomic E-state index is 13.4. The Balaban J connectivity index is 1.90. The van der Waals surface area contributed by atoms with E-state index in [2.05, 4.69) is 4.57 Å². The molecule has 3 aromatic rings. The van der Waals surface area contributed by atoms with Crippen molar-refractivity contribution in [3.63, 3.8) is 0 Å². The number of rotatable bonds is 4. The number of methoxy groups -OCH3 is 2. The van der Waals surface area contributed by atoms with Crippen molar-refractivity contribution in [2.75, 3.05) is 40.5 Å². The van der Waals surface area contributed by atoms with Gasteiger partial charge in [0.25, 0.3) is 5.91 Å². The number of morpholine rings is 1. The van der Waals surface area contributed by atoms with E-state index in [1.165, 1.54) is 0 Å². The number of carbonyl (C=O) groups is 1. The molecule has 0 bridgehead atoms. The van der Waals surface area contributed by atoms with E-state index in [1.807, 2.05) is 54.3 Å². The first-order chi connectivity index (χ1) is 13.6. The van der Waals surface area contributed by atoms with Gasteiger partial charge in [0.2, 0.25) is 0 Å². The minimum absolute atomic E-state index is 0.0336. The first-order valence-corrected chi connectivity index (χ1v) is 9.34. The number of carbonyl (C=O) groups excluding carboxylic acids is 1. The van der Waals surface area contributed by atoms with Crippen molar-refractivity contribution >= 4 is 16.8 Å². The maximum absolute atomic E-state index is 13.4. The summed E-state index contributed by atoms with van der Waals surface area (Å²) in [4.78, 5) is 15.2. The summed E-state index contributed by atoms with van der Waals surface area (Å²) in [5.41, 5.74) is 3.58. The third-order valence-corrected chi connectivity index (χ3v) is 5.25. The third-order valence-electron chi connectivity index (χ3n) is 5.25. The van der Waals surface area contributed by atoms with E-state index in [0.29, 0.717) is 31.9 Å². The second-order valence-corrected chi connectivity index (χ2v) is 6.78. The summed E-state index contributed by atoms with van der Waals surface area (Å²) in [6, 6.07) is 13.7. The van der Waals surface area contributed by atoms with Gasteiger partial charge in [-0.2, -0.15) is 0 Å². The fourth-order valence-electron chi connectivity index (χ4n) is 3.78. The summed E-state index contributed by atoms with van der Waals surface area (Å²) in [5, 5.41) is 0.893. The molecule has 0 radical (unpaired) electrons. The lowest BCUT2D eigenvalue weighted by molar-refractivity contribution is 0.0303. The molecule has 6 heteroatoms. The SMILES string of the molecule is COc1ccc(-n2c(C)c(C(=O)N3CCOCC3)c3cc(OC)ccc32)cc1. The lowest BCUT2D eigenvalue weighted by atomic mass is 10.1. The molecule has 2 aromatic carbocycles. The van der Waals surface area contributed by atoms with Crippen molar-refractivity contribution in [3.8, 4) is 17.2 Å².